The predicted molar refractivity (Wildman–Crippen MR) is 93.9 cm³/mol. The van der Waals surface area contributed by atoms with E-state index >= 15 is 0 Å². The highest BCUT2D eigenvalue weighted by atomic mass is 16.5. The van der Waals surface area contributed by atoms with Crippen LogP contribution in [0.15, 0.2) is 47.2 Å². The number of nitrogens with zero attached hydrogens (tertiary/aromatic N) is 3. The molecule has 0 radical (unpaired) electrons. The van der Waals surface area contributed by atoms with Crippen LogP contribution in [0.5, 0.6) is 0 Å². The third kappa shape index (κ3) is 3.74. The van der Waals surface area contributed by atoms with Crippen molar-refractivity contribution in [3.8, 4) is 11.1 Å². The smallest absolute Gasteiger partial charge is 0.251 e. The van der Waals surface area contributed by atoms with Crippen molar-refractivity contribution in [2.45, 2.75) is 33.2 Å². The molecule has 0 bridgehead atoms. The van der Waals surface area contributed by atoms with Gasteiger partial charge in [-0.2, -0.15) is 4.98 Å². The molecule has 3 aromatic rings. The maximum atomic E-state index is 12.6. The Morgan fingerprint density at radius 3 is 2.80 bits per heavy atom. The van der Waals surface area contributed by atoms with Gasteiger partial charge < -0.3 is 9.84 Å². The van der Waals surface area contributed by atoms with E-state index in [-0.39, 0.29) is 11.9 Å². The normalized spacial score (nSPS) is 12.0. The molecular formula is C19H20N4O2. The lowest BCUT2D eigenvalue weighted by atomic mass is 10.0. The molecule has 1 atom stereocenters. The van der Waals surface area contributed by atoms with Gasteiger partial charge in [0.05, 0.1) is 0 Å². The molecule has 0 unspecified atom stereocenters. The van der Waals surface area contributed by atoms with Crippen LogP contribution in [-0.2, 0) is 0 Å². The van der Waals surface area contributed by atoms with E-state index in [9.17, 15) is 4.79 Å². The van der Waals surface area contributed by atoms with Gasteiger partial charge in [0, 0.05) is 18.0 Å². The Morgan fingerprint density at radius 1 is 1.28 bits per heavy atom. The number of benzene rings is 1. The van der Waals surface area contributed by atoms with E-state index in [1.165, 1.54) is 0 Å². The fraction of sp³-hybridized carbons (Fsp3) is 0.263. The molecule has 0 saturated heterocycles. The molecule has 0 saturated carbocycles. The second kappa shape index (κ2) is 7.25. The minimum Gasteiger partial charge on any atom is -0.340 e. The molecule has 0 spiro atoms. The zero-order valence-corrected chi connectivity index (χ0v) is 14.5. The summed E-state index contributed by atoms with van der Waals surface area (Å²) in [4.78, 5) is 21.0. The lowest BCUT2D eigenvalue weighted by Gasteiger charge is -2.13. The zero-order valence-electron chi connectivity index (χ0n) is 14.5. The summed E-state index contributed by atoms with van der Waals surface area (Å²) in [6, 6.07) is 9.17. The summed E-state index contributed by atoms with van der Waals surface area (Å²) in [7, 11) is 0. The van der Waals surface area contributed by atoms with Crippen LogP contribution in [0.2, 0.25) is 0 Å². The van der Waals surface area contributed by atoms with Gasteiger partial charge in [-0.15, -0.1) is 0 Å². The quantitative estimate of drug-likeness (QED) is 0.769. The average molecular weight is 336 g/mol. The summed E-state index contributed by atoms with van der Waals surface area (Å²) in [5, 5.41) is 6.74. The number of aromatic nitrogens is 3. The van der Waals surface area contributed by atoms with Crippen molar-refractivity contribution >= 4 is 5.91 Å². The monoisotopic (exact) mass is 336 g/mol. The van der Waals surface area contributed by atoms with Gasteiger partial charge in [-0.1, -0.05) is 24.2 Å². The van der Waals surface area contributed by atoms with E-state index in [1.54, 1.807) is 19.2 Å². The van der Waals surface area contributed by atoms with Gasteiger partial charge in [-0.3, -0.25) is 9.78 Å². The van der Waals surface area contributed by atoms with Crippen molar-refractivity contribution in [1.29, 1.82) is 0 Å². The van der Waals surface area contributed by atoms with Crippen molar-refractivity contribution in [3.63, 3.8) is 0 Å². The Hall–Kier alpha value is -3.02. The van der Waals surface area contributed by atoms with Crippen LogP contribution < -0.4 is 5.32 Å². The second-order valence-electron chi connectivity index (χ2n) is 5.89. The van der Waals surface area contributed by atoms with Gasteiger partial charge in [-0.25, -0.2) is 0 Å². The van der Waals surface area contributed by atoms with E-state index < -0.39 is 0 Å². The third-order valence-electron chi connectivity index (χ3n) is 4.01. The summed E-state index contributed by atoms with van der Waals surface area (Å²) in [6.45, 7) is 5.71. The molecule has 128 valence electrons. The van der Waals surface area contributed by atoms with E-state index in [2.05, 4.69) is 20.4 Å². The molecule has 3 rings (SSSR count). The molecule has 1 aromatic carbocycles. The van der Waals surface area contributed by atoms with Crippen LogP contribution in [0.4, 0.5) is 0 Å². The molecule has 2 heterocycles. The standard InChI is InChI=1S/C19H20N4O2/c1-4-17(19-21-13(3)23-25-19)22-18(24)15-7-5-6-14(10-15)16-8-9-20-11-12(16)2/h5-11,17H,4H2,1-3H3,(H,22,24)/t17-/m0/s1. The summed E-state index contributed by atoms with van der Waals surface area (Å²) in [5.74, 6) is 0.809. The van der Waals surface area contributed by atoms with Gasteiger partial charge in [0.15, 0.2) is 5.82 Å². The molecule has 2 aromatic heterocycles. The van der Waals surface area contributed by atoms with Gasteiger partial charge in [0.1, 0.15) is 6.04 Å². The van der Waals surface area contributed by atoms with Crippen molar-refractivity contribution in [2.24, 2.45) is 0 Å². The van der Waals surface area contributed by atoms with Crippen molar-refractivity contribution in [2.75, 3.05) is 0 Å². The number of hydrogen-bond acceptors (Lipinski definition) is 5. The number of nitrogens with one attached hydrogen (secondary N) is 1. The van der Waals surface area contributed by atoms with Crippen molar-refractivity contribution in [1.82, 2.24) is 20.4 Å². The third-order valence-corrected chi connectivity index (χ3v) is 4.01. The molecule has 0 fully saturated rings. The molecule has 1 N–H and O–H groups in total. The summed E-state index contributed by atoms with van der Waals surface area (Å²) >= 11 is 0. The Labute approximate surface area is 146 Å². The summed E-state index contributed by atoms with van der Waals surface area (Å²) < 4.78 is 5.18. The number of rotatable bonds is 5. The Balaban J connectivity index is 1.83. The first-order valence-corrected chi connectivity index (χ1v) is 8.20. The van der Waals surface area contributed by atoms with Crippen LogP contribution in [0.3, 0.4) is 0 Å². The van der Waals surface area contributed by atoms with Crippen LogP contribution in [0, 0.1) is 13.8 Å². The minimum absolute atomic E-state index is 0.170. The molecule has 1 amide bonds. The van der Waals surface area contributed by atoms with E-state index in [0.717, 1.165) is 16.7 Å². The fourth-order valence-electron chi connectivity index (χ4n) is 2.66. The highest BCUT2D eigenvalue weighted by Gasteiger charge is 2.19. The lowest BCUT2D eigenvalue weighted by Crippen LogP contribution is -2.28. The topological polar surface area (TPSA) is 80.9 Å². The highest BCUT2D eigenvalue weighted by molar-refractivity contribution is 5.95. The van der Waals surface area contributed by atoms with Gasteiger partial charge in [0.25, 0.3) is 5.91 Å². The van der Waals surface area contributed by atoms with Crippen LogP contribution in [0.1, 0.15) is 47.0 Å². The van der Waals surface area contributed by atoms with Gasteiger partial charge in [-0.05, 0) is 55.2 Å². The van der Waals surface area contributed by atoms with Gasteiger partial charge in [0.2, 0.25) is 5.89 Å². The number of aryl methyl sites for hydroxylation is 2. The molecule has 6 nitrogen and oxygen atoms in total. The maximum Gasteiger partial charge on any atom is 0.251 e. The molecular weight excluding hydrogens is 316 g/mol. The number of amides is 1. The predicted octanol–water partition coefficient (Wildman–Crippen LogP) is 3.63. The molecule has 0 aliphatic carbocycles. The molecule has 25 heavy (non-hydrogen) atoms. The Bertz CT molecular complexity index is 888. The number of carbonyl (C=O) groups is 1. The van der Waals surface area contributed by atoms with Crippen molar-refractivity contribution < 1.29 is 9.32 Å². The summed E-state index contributed by atoms with van der Waals surface area (Å²) in [6.07, 6.45) is 4.23. The Kier molecular flexibility index (Phi) is 4.88. The van der Waals surface area contributed by atoms with E-state index in [4.69, 9.17) is 4.52 Å². The first-order chi connectivity index (χ1) is 12.1. The fourth-order valence-corrected chi connectivity index (χ4v) is 2.66. The molecule has 0 aliphatic heterocycles. The SMILES string of the molecule is CC[C@H](NC(=O)c1cccc(-c2ccncc2C)c1)c1nc(C)no1. The van der Waals surface area contributed by atoms with E-state index in [1.807, 2.05) is 44.3 Å². The maximum absolute atomic E-state index is 12.6. The van der Waals surface area contributed by atoms with Crippen molar-refractivity contribution in [3.05, 3.63) is 65.6 Å². The van der Waals surface area contributed by atoms with Crippen LogP contribution in [0.25, 0.3) is 11.1 Å². The molecule has 0 aliphatic rings. The number of pyridine rings is 1. The summed E-state index contributed by atoms with van der Waals surface area (Å²) in [5.41, 5.74) is 3.69. The lowest BCUT2D eigenvalue weighted by molar-refractivity contribution is 0.0927. The zero-order chi connectivity index (χ0) is 17.8. The number of hydrogen-bond donors (Lipinski definition) is 1. The number of carbonyl (C=O) groups excluding carboxylic acids is 1. The largest absolute Gasteiger partial charge is 0.340 e. The van der Waals surface area contributed by atoms with Gasteiger partial charge >= 0.3 is 0 Å². The highest BCUT2D eigenvalue weighted by Crippen LogP contribution is 2.23. The van der Waals surface area contributed by atoms with Crippen LogP contribution >= 0.6 is 0 Å². The molecule has 6 heteroatoms. The first kappa shape index (κ1) is 16.8. The van der Waals surface area contributed by atoms with E-state index in [0.29, 0.717) is 23.7 Å². The van der Waals surface area contributed by atoms with Crippen LogP contribution in [-0.4, -0.2) is 21.0 Å². The second-order valence-corrected chi connectivity index (χ2v) is 5.89. The average Bonchev–Trinajstić information content (AvgIpc) is 3.06. The Morgan fingerprint density at radius 2 is 2.12 bits per heavy atom. The minimum atomic E-state index is -0.306. The first-order valence-electron chi connectivity index (χ1n) is 8.20.